The van der Waals surface area contributed by atoms with Gasteiger partial charge in [-0.25, -0.2) is 4.39 Å². The van der Waals surface area contributed by atoms with Crippen molar-refractivity contribution in [2.45, 2.75) is 37.7 Å². The number of aromatic nitrogens is 1. The number of nitrogens with two attached hydrogens (primary N) is 1. The molecule has 2 aromatic carbocycles. The Kier molecular flexibility index (Phi) is 7.31. The normalized spacial score (nSPS) is 18.8. The van der Waals surface area contributed by atoms with Gasteiger partial charge >= 0.3 is 6.18 Å². The fourth-order valence-electron chi connectivity index (χ4n) is 5.12. The number of ketones is 1. The maximum absolute atomic E-state index is 13.7. The molecular weight excluding hydrogens is 560 g/mol. The van der Waals surface area contributed by atoms with Crippen LogP contribution in [0, 0.1) is 5.82 Å². The van der Waals surface area contributed by atoms with Gasteiger partial charge in [0.1, 0.15) is 25.1 Å². The molecule has 0 bridgehead atoms. The molecule has 218 valence electrons. The smallest absolute Gasteiger partial charge is 0.366 e. The highest BCUT2D eigenvalue weighted by Crippen LogP contribution is 2.43. The first-order chi connectivity index (χ1) is 19.8. The van der Waals surface area contributed by atoms with Crippen molar-refractivity contribution in [3.8, 4) is 11.3 Å². The Labute approximate surface area is 236 Å². The van der Waals surface area contributed by atoms with Gasteiger partial charge in [-0.15, -0.1) is 0 Å². The van der Waals surface area contributed by atoms with Crippen molar-refractivity contribution in [1.29, 1.82) is 0 Å². The van der Waals surface area contributed by atoms with E-state index in [1.807, 2.05) is 0 Å². The summed E-state index contributed by atoms with van der Waals surface area (Å²) in [6.45, 7) is -0.936. The molecule has 13 heteroatoms. The number of alkyl halides is 3. The minimum atomic E-state index is -4.77. The van der Waals surface area contributed by atoms with Crippen molar-refractivity contribution in [3.05, 3.63) is 88.9 Å². The van der Waals surface area contributed by atoms with E-state index < -0.39 is 67.0 Å². The Morgan fingerprint density at radius 2 is 1.83 bits per heavy atom. The number of carbonyl (C=O) groups is 4. The summed E-state index contributed by atoms with van der Waals surface area (Å²) in [5.74, 6) is -3.70. The Morgan fingerprint density at radius 1 is 1.12 bits per heavy atom. The number of nitrogens with zero attached hydrogens (tertiary/aromatic N) is 3. The molecular formula is C29H24F4N4O5. The third kappa shape index (κ3) is 5.11. The van der Waals surface area contributed by atoms with Crippen molar-refractivity contribution >= 4 is 23.5 Å². The molecule has 0 radical (unpaired) electrons. The second kappa shape index (κ2) is 10.6. The summed E-state index contributed by atoms with van der Waals surface area (Å²) in [5, 5.41) is 0. The maximum Gasteiger partial charge on any atom is 0.408 e. The van der Waals surface area contributed by atoms with Gasteiger partial charge in [0.05, 0.1) is 5.69 Å². The number of hydrogen-bond donors (Lipinski definition) is 1. The number of ether oxygens (including phenoxy) is 1. The fraction of sp³-hybridized carbons (Fsp3) is 0.276. The van der Waals surface area contributed by atoms with Crippen LogP contribution in [0.4, 0.5) is 17.6 Å². The van der Waals surface area contributed by atoms with Crippen molar-refractivity contribution < 1.29 is 41.5 Å². The van der Waals surface area contributed by atoms with Crippen LogP contribution in [0.2, 0.25) is 0 Å². The molecule has 1 saturated heterocycles. The van der Waals surface area contributed by atoms with Gasteiger partial charge in [0.2, 0.25) is 17.4 Å². The maximum atomic E-state index is 13.7. The molecule has 2 N–H and O–H groups in total. The summed E-state index contributed by atoms with van der Waals surface area (Å²) < 4.78 is 60.0. The summed E-state index contributed by atoms with van der Waals surface area (Å²) in [5.41, 5.74) is 5.49. The van der Waals surface area contributed by atoms with Crippen molar-refractivity contribution in [2.24, 2.45) is 5.73 Å². The highest BCUT2D eigenvalue weighted by atomic mass is 19.4. The second-order valence-corrected chi connectivity index (χ2v) is 10.1. The molecule has 1 aliphatic heterocycles. The lowest BCUT2D eigenvalue weighted by molar-refractivity contribution is -0.187. The summed E-state index contributed by atoms with van der Waals surface area (Å²) in [7, 11) is 0. The van der Waals surface area contributed by atoms with Gasteiger partial charge in [-0.1, -0.05) is 24.3 Å². The highest BCUT2D eigenvalue weighted by Gasteiger charge is 2.59. The van der Waals surface area contributed by atoms with Crippen LogP contribution < -0.4 is 5.73 Å². The molecule has 0 unspecified atom stereocenters. The van der Waals surface area contributed by atoms with Crippen LogP contribution in [0.3, 0.4) is 0 Å². The third-order valence-corrected chi connectivity index (χ3v) is 7.45. The highest BCUT2D eigenvalue weighted by molar-refractivity contribution is 6.15. The lowest BCUT2D eigenvalue weighted by Gasteiger charge is -2.32. The van der Waals surface area contributed by atoms with Gasteiger partial charge in [0, 0.05) is 35.9 Å². The van der Waals surface area contributed by atoms with Crippen LogP contribution >= 0.6 is 0 Å². The molecule has 1 aliphatic carbocycles. The Balaban J connectivity index is 1.39. The monoisotopic (exact) mass is 584 g/mol. The number of Topliss-reactive ketones (excluding diaryl/α,β-unsaturated/α-hetero) is 1. The van der Waals surface area contributed by atoms with E-state index in [9.17, 15) is 36.7 Å². The van der Waals surface area contributed by atoms with Crippen LogP contribution in [0.5, 0.6) is 0 Å². The van der Waals surface area contributed by atoms with E-state index in [-0.39, 0.29) is 23.1 Å². The molecule has 2 heterocycles. The number of fused-ring (bicyclic) bond motifs is 2. The van der Waals surface area contributed by atoms with Crippen LogP contribution in [-0.4, -0.2) is 63.8 Å². The zero-order chi connectivity index (χ0) is 30.4. The van der Waals surface area contributed by atoms with Crippen LogP contribution in [0.15, 0.2) is 60.8 Å². The molecule has 2 aliphatic rings. The molecule has 3 amide bonds. The minimum absolute atomic E-state index is 0.173. The van der Waals surface area contributed by atoms with E-state index in [1.54, 1.807) is 12.1 Å². The lowest BCUT2D eigenvalue weighted by Crippen LogP contribution is -2.51. The quantitative estimate of drug-likeness (QED) is 0.337. The Morgan fingerprint density at radius 3 is 2.50 bits per heavy atom. The minimum Gasteiger partial charge on any atom is -0.366 e. The topological polar surface area (TPSA) is 123 Å². The number of amides is 3. The zero-order valence-electron chi connectivity index (χ0n) is 22.2. The predicted octanol–water partition coefficient (Wildman–Crippen LogP) is 3.10. The van der Waals surface area contributed by atoms with E-state index in [1.165, 1.54) is 36.5 Å². The fourth-order valence-corrected chi connectivity index (χ4v) is 5.12. The van der Waals surface area contributed by atoms with Gasteiger partial charge in [0.15, 0.2) is 5.78 Å². The molecule has 1 spiro atoms. The van der Waals surface area contributed by atoms with Crippen molar-refractivity contribution in [3.63, 3.8) is 0 Å². The number of pyridine rings is 1. The molecule has 1 aromatic heterocycles. The van der Waals surface area contributed by atoms with Crippen LogP contribution in [0.25, 0.3) is 11.3 Å². The number of halogens is 4. The summed E-state index contributed by atoms with van der Waals surface area (Å²) in [4.78, 5) is 57.2. The molecule has 42 heavy (non-hydrogen) atoms. The first-order valence-corrected chi connectivity index (χ1v) is 12.8. The van der Waals surface area contributed by atoms with E-state index in [4.69, 9.17) is 10.5 Å². The Hall–Kier alpha value is -4.65. The first-order valence-electron chi connectivity index (χ1n) is 12.8. The van der Waals surface area contributed by atoms with Crippen LogP contribution in [-0.2, 0) is 37.7 Å². The molecule has 5 rings (SSSR count). The molecule has 0 saturated carbocycles. The lowest BCUT2D eigenvalue weighted by atomic mass is 9.93. The molecule has 9 nitrogen and oxygen atoms in total. The molecule has 1 fully saturated rings. The standard InChI is InChI=1S/C29H24F4N4O5/c1-16(29(31,32)33)37(13-17-2-5-21(30)6-3-17)25(39)14-36-15-42-28(27(36)41)22-7-4-18(10-20(22)12-24(28)38)23-11-19(26(34)40)8-9-35-23/h2-11,16H,12-15H2,1H3,(H2,34,40)/t16-,28+/m0/s1. The van der Waals surface area contributed by atoms with Gasteiger partial charge in [-0.2, -0.15) is 13.2 Å². The average Bonchev–Trinajstić information content (AvgIpc) is 3.43. The van der Waals surface area contributed by atoms with Crippen molar-refractivity contribution in [2.75, 3.05) is 13.3 Å². The number of carbonyl (C=O) groups excluding carboxylic acids is 4. The van der Waals surface area contributed by atoms with Crippen molar-refractivity contribution in [1.82, 2.24) is 14.8 Å². The Bertz CT molecular complexity index is 1590. The van der Waals surface area contributed by atoms with Crippen LogP contribution in [0.1, 0.15) is 34.0 Å². The molecule has 3 aromatic rings. The first kappa shape index (κ1) is 28.9. The van der Waals surface area contributed by atoms with Gasteiger partial charge in [-0.05, 0) is 48.4 Å². The SMILES string of the molecule is C[C@H](N(Cc1ccc(F)cc1)C(=O)CN1CO[C@]2(C(=O)Cc3cc(-c4cc(C(N)=O)ccn4)ccc32)C1=O)C(F)(F)F. The average molecular weight is 585 g/mol. The number of benzene rings is 2. The van der Waals surface area contributed by atoms with E-state index in [0.29, 0.717) is 21.7 Å². The van der Waals surface area contributed by atoms with E-state index >= 15 is 0 Å². The van der Waals surface area contributed by atoms with E-state index in [2.05, 4.69) is 4.98 Å². The number of hydrogen-bond acceptors (Lipinski definition) is 6. The predicted molar refractivity (Wildman–Crippen MR) is 139 cm³/mol. The van der Waals surface area contributed by atoms with Gasteiger partial charge < -0.3 is 20.3 Å². The third-order valence-electron chi connectivity index (χ3n) is 7.45. The number of primary amides is 1. The van der Waals surface area contributed by atoms with Gasteiger partial charge in [0.25, 0.3) is 5.91 Å². The summed E-state index contributed by atoms with van der Waals surface area (Å²) >= 11 is 0. The molecule has 2 atom stereocenters. The van der Waals surface area contributed by atoms with E-state index in [0.717, 1.165) is 24.0 Å². The zero-order valence-corrected chi connectivity index (χ0v) is 22.2. The summed E-state index contributed by atoms with van der Waals surface area (Å²) in [6, 6.07) is 10.1. The number of rotatable bonds is 7. The summed E-state index contributed by atoms with van der Waals surface area (Å²) in [6.07, 6.45) is -3.53. The largest absolute Gasteiger partial charge is 0.408 e. The van der Waals surface area contributed by atoms with Gasteiger partial charge in [-0.3, -0.25) is 24.2 Å². The second-order valence-electron chi connectivity index (χ2n) is 10.1.